The zero-order chi connectivity index (χ0) is 14.9. The fourth-order valence-corrected chi connectivity index (χ4v) is 2.22. The van der Waals surface area contributed by atoms with E-state index in [0.717, 1.165) is 30.5 Å². The van der Waals surface area contributed by atoms with Gasteiger partial charge in [-0.15, -0.1) is 0 Å². The number of nitrogens with zero attached hydrogens (tertiary/aromatic N) is 3. The molecule has 0 bridgehead atoms. The lowest BCUT2D eigenvalue weighted by Crippen LogP contribution is -2.19. The van der Waals surface area contributed by atoms with Crippen molar-refractivity contribution in [2.75, 3.05) is 23.3 Å². The lowest BCUT2D eigenvalue weighted by Gasteiger charge is -2.21. The summed E-state index contributed by atoms with van der Waals surface area (Å²) in [4.78, 5) is 11.1. The molecule has 0 aliphatic carbocycles. The average molecular weight is 284 g/mol. The van der Waals surface area contributed by atoms with Crippen LogP contribution in [-0.2, 0) is 0 Å². The molecule has 2 aromatic rings. The zero-order valence-electron chi connectivity index (χ0n) is 12.9. The largest absolute Gasteiger partial charge is 0.370 e. The molecule has 0 amide bonds. The van der Waals surface area contributed by atoms with Gasteiger partial charge in [0, 0.05) is 25.0 Å². The monoisotopic (exact) mass is 284 g/mol. The second kappa shape index (κ2) is 8.25. The third-order valence-corrected chi connectivity index (χ3v) is 3.35. The van der Waals surface area contributed by atoms with E-state index in [9.17, 15) is 0 Å². The zero-order valence-corrected chi connectivity index (χ0v) is 12.9. The van der Waals surface area contributed by atoms with Crippen molar-refractivity contribution < 1.29 is 0 Å². The molecule has 1 N–H and O–H groups in total. The van der Waals surface area contributed by atoms with E-state index >= 15 is 0 Å². The quantitative estimate of drug-likeness (QED) is 0.736. The van der Waals surface area contributed by atoms with Crippen LogP contribution < -0.4 is 10.2 Å². The van der Waals surface area contributed by atoms with Crippen LogP contribution in [-0.4, -0.2) is 23.1 Å². The third-order valence-electron chi connectivity index (χ3n) is 3.35. The highest BCUT2D eigenvalue weighted by molar-refractivity contribution is 5.58. The number of anilines is 3. The van der Waals surface area contributed by atoms with Gasteiger partial charge in [0.05, 0.1) is 0 Å². The predicted octanol–water partition coefficient (Wildman–Crippen LogP) is 4.24. The minimum atomic E-state index is 0.740. The molecule has 4 heteroatoms. The van der Waals surface area contributed by atoms with E-state index in [1.165, 1.54) is 19.3 Å². The molecule has 0 atom stereocenters. The van der Waals surface area contributed by atoms with Gasteiger partial charge < -0.3 is 10.2 Å². The molecule has 21 heavy (non-hydrogen) atoms. The van der Waals surface area contributed by atoms with Crippen LogP contribution in [0.1, 0.15) is 33.1 Å². The number of hydrogen-bond donors (Lipinski definition) is 1. The minimum Gasteiger partial charge on any atom is -0.370 e. The summed E-state index contributed by atoms with van der Waals surface area (Å²) < 4.78 is 0. The van der Waals surface area contributed by atoms with E-state index in [1.807, 2.05) is 30.5 Å². The molecular formula is C17H24N4. The molecule has 1 aromatic heterocycles. The molecular weight excluding hydrogens is 260 g/mol. The number of aromatic nitrogens is 2. The topological polar surface area (TPSA) is 41.1 Å². The summed E-state index contributed by atoms with van der Waals surface area (Å²) in [5, 5.41) is 3.37. The van der Waals surface area contributed by atoms with Crippen LogP contribution in [0.15, 0.2) is 42.6 Å². The molecule has 0 spiro atoms. The summed E-state index contributed by atoms with van der Waals surface area (Å²) in [5.74, 6) is 1.63. The fraction of sp³-hybridized carbons (Fsp3) is 0.412. The van der Waals surface area contributed by atoms with Crippen LogP contribution >= 0.6 is 0 Å². The smallest absolute Gasteiger partial charge is 0.231 e. The van der Waals surface area contributed by atoms with Crippen molar-refractivity contribution in [2.45, 2.75) is 33.1 Å². The molecule has 1 heterocycles. The Kier molecular flexibility index (Phi) is 6.00. The first-order valence-electron chi connectivity index (χ1n) is 7.74. The fourth-order valence-electron chi connectivity index (χ4n) is 2.22. The summed E-state index contributed by atoms with van der Waals surface area (Å²) in [6.07, 6.45) is 5.46. The second-order valence-electron chi connectivity index (χ2n) is 4.96. The molecule has 0 unspecified atom stereocenters. The van der Waals surface area contributed by atoms with Gasteiger partial charge in [-0.2, -0.15) is 4.98 Å². The highest BCUT2D eigenvalue weighted by Crippen LogP contribution is 2.21. The number of hydrogen-bond acceptors (Lipinski definition) is 4. The molecule has 0 aliphatic rings. The van der Waals surface area contributed by atoms with Crippen LogP contribution in [0.3, 0.4) is 0 Å². The number of benzene rings is 1. The van der Waals surface area contributed by atoms with Crippen LogP contribution in [0.5, 0.6) is 0 Å². The molecule has 112 valence electrons. The van der Waals surface area contributed by atoms with Crippen LogP contribution in [0, 0.1) is 0 Å². The molecule has 4 nitrogen and oxygen atoms in total. The van der Waals surface area contributed by atoms with Crippen molar-refractivity contribution in [3.05, 3.63) is 42.6 Å². The molecule has 0 radical (unpaired) electrons. The number of nitrogens with one attached hydrogen (secondary N) is 1. The first-order valence-corrected chi connectivity index (χ1v) is 7.74. The number of para-hydroxylation sites is 1. The van der Waals surface area contributed by atoms with Crippen LogP contribution in [0.25, 0.3) is 0 Å². The summed E-state index contributed by atoms with van der Waals surface area (Å²) in [6.45, 7) is 6.12. The summed E-state index contributed by atoms with van der Waals surface area (Å²) in [7, 11) is 0. The lowest BCUT2D eigenvalue weighted by atomic mass is 10.2. The van der Waals surface area contributed by atoms with Gasteiger partial charge in [0.1, 0.15) is 5.82 Å². The Morgan fingerprint density at radius 2 is 1.86 bits per heavy atom. The van der Waals surface area contributed by atoms with Crippen LogP contribution in [0.4, 0.5) is 17.5 Å². The van der Waals surface area contributed by atoms with Crippen molar-refractivity contribution in [1.82, 2.24) is 9.97 Å². The normalized spacial score (nSPS) is 10.4. The van der Waals surface area contributed by atoms with E-state index in [1.54, 1.807) is 0 Å². The maximum atomic E-state index is 4.62. The Labute approximate surface area is 127 Å². The van der Waals surface area contributed by atoms with E-state index in [2.05, 4.69) is 46.2 Å². The Hall–Kier alpha value is -2.10. The van der Waals surface area contributed by atoms with Gasteiger partial charge in [0.2, 0.25) is 5.95 Å². The Bertz CT molecular complexity index is 527. The molecule has 1 aromatic carbocycles. The van der Waals surface area contributed by atoms with Gasteiger partial charge in [0.25, 0.3) is 0 Å². The number of rotatable bonds is 8. The number of unbranched alkanes of at least 4 members (excludes halogenated alkanes) is 2. The standard InChI is InChI=1S/C17H24N4/c1-3-5-9-13-18-16-12-14-19-17(20-16)21(4-2)15-10-7-6-8-11-15/h6-8,10-12,14H,3-5,9,13H2,1-2H3,(H,18,19,20). The third kappa shape index (κ3) is 4.45. The summed E-state index contributed by atoms with van der Waals surface area (Å²) >= 11 is 0. The van der Waals surface area contributed by atoms with Crippen molar-refractivity contribution in [3.8, 4) is 0 Å². The van der Waals surface area contributed by atoms with Crippen molar-refractivity contribution in [1.29, 1.82) is 0 Å². The summed E-state index contributed by atoms with van der Waals surface area (Å²) in [6, 6.07) is 12.2. The molecule has 0 saturated carbocycles. The van der Waals surface area contributed by atoms with Crippen molar-refractivity contribution in [2.24, 2.45) is 0 Å². The highest BCUT2D eigenvalue weighted by Gasteiger charge is 2.10. The lowest BCUT2D eigenvalue weighted by molar-refractivity contribution is 0.742. The Morgan fingerprint density at radius 1 is 1.05 bits per heavy atom. The molecule has 0 saturated heterocycles. The Morgan fingerprint density at radius 3 is 2.57 bits per heavy atom. The maximum absolute atomic E-state index is 4.62. The second-order valence-corrected chi connectivity index (χ2v) is 4.96. The maximum Gasteiger partial charge on any atom is 0.231 e. The van der Waals surface area contributed by atoms with E-state index in [-0.39, 0.29) is 0 Å². The van der Waals surface area contributed by atoms with Gasteiger partial charge in [0.15, 0.2) is 0 Å². The van der Waals surface area contributed by atoms with E-state index < -0.39 is 0 Å². The van der Waals surface area contributed by atoms with Gasteiger partial charge in [-0.25, -0.2) is 4.98 Å². The van der Waals surface area contributed by atoms with Gasteiger partial charge in [-0.05, 0) is 31.5 Å². The van der Waals surface area contributed by atoms with Crippen molar-refractivity contribution in [3.63, 3.8) is 0 Å². The Balaban J connectivity index is 2.08. The molecule has 0 fully saturated rings. The van der Waals surface area contributed by atoms with E-state index in [0.29, 0.717) is 0 Å². The summed E-state index contributed by atoms with van der Waals surface area (Å²) in [5.41, 5.74) is 1.11. The van der Waals surface area contributed by atoms with Gasteiger partial charge in [-0.3, -0.25) is 0 Å². The van der Waals surface area contributed by atoms with Gasteiger partial charge in [-0.1, -0.05) is 38.0 Å². The highest BCUT2D eigenvalue weighted by atomic mass is 15.3. The van der Waals surface area contributed by atoms with Crippen molar-refractivity contribution >= 4 is 17.5 Å². The molecule has 0 aliphatic heterocycles. The first-order chi connectivity index (χ1) is 10.3. The molecule has 2 rings (SSSR count). The first kappa shape index (κ1) is 15.3. The predicted molar refractivity (Wildman–Crippen MR) is 89.2 cm³/mol. The van der Waals surface area contributed by atoms with Crippen LogP contribution in [0.2, 0.25) is 0 Å². The van der Waals surface area contributed by atoms with E-state index in [4.69, 9.17) is 0 Å². The average Bonchev–Trinajstić information content (AvgIpc) is 2.54. The SMILES string of the molecule is CCCCCNc1ccnc(N(CC)c2ccccc2)n1. The van der Waals surface area contributed by atoms with Gasteiger partial charge >= 0.3 is 0 Å². The minimum absolute atomic E-state index is 0.740.